The van der Waals surface area contributed by atoms with Crippen molar-refractivity contribution in [3.05, 3.63) is 47.1 Å². The molecule has 0 radical (unpaired) electrons. The van der Waals surface area contributed by atoms with Crippen LogP contribution in [-0.2, 0) is 6.42 Å². The minimum atomic E-state index is 0.703. The Morgan fingerprint density at radius 2 is 1.91 bits per heavy atom. The fraction of sp³-hybridized carbons (Fsp3) is 0.444. The summed E-state index contributed by atoms with van der Waals surface area (Å²) in [5, 5.41) is 4.10. The van der Waals surface area contributed by atoms with Gasteiger partial charge >= 0.3 is 0 Å². The van der Waals surface area contributed by atoms with Gasteiger partial charge in [-0.25, -0.2) is 4.98 Å². The molecule has 5 heteroatoms. The van der Waals surface area contributed by atoms with Crippen molar-refractivity contribution in [1.82, 2.24) is 9.97 Å². The van der Waals surface area contributed by atoms with Gasteiger partial charge in [0, 0.05) is 30.9 Å². The van der Waals surface area contributed by atoms with E-state index in [1.165, 1.54) is 31.2 Å². The minimum absolute atomic E-state index is 0.703. The first-order valence-electron chi connectivity index (χ1n) is 8.37. The second-order valence-electron chi connectivity index (χ2n) is 5.95. The Morgan fingerprint density at radius 1 is 1.09 bits per heavy atom. The highest BCUT2D eigenvalue weighted by molar-refractivity contribution is 6.30. The Kier molecular flexibility index (Phi) is 5.70. The number of hydrogen-bond donors (Lipinski definition) is 1. The van der Waals surface area contributed by atoms with E-state index in [2.05, 4.69) is 26.3 Å². The molecule has 3 rings (SSSR count). The summed E-state index contributed by atoms with van der Waals surface area (Å²) in [6.07, 6.45) is 7.90. The van der Waals surface area contributed by atoms with Crippen molar-refractivity contribution < 1.29 is 0 Å². The first-order chi connectivity index (χ1) is 11.3. The lowest BCUT2D eigenvalue weighted by molar-refractivity contribution is 0.726. The van der Waals surface area contributed by atoms with E-state index in [0.717, 1.165) is 36.9 Å². The highest BCUT2D eigenvalue weighted by Gasteiger charge is 2.11. The second kappa shape index (κ2) is 8.16. The van der Waals surface area contributed by atoms with Gasteiger partial charge in [0.1, 0.15) is 5.82 Å². The first-order valence-corrected chi connectivity index (χ1v) is 8.75. The van der Waals surface area contributed by atoms with Crippen LogP contribution >= 0.6 is 11.6 Å². The molecule has 0 saturated carbocycles. The van der Waals surface area contributed by atoms with Gasteiger partial charge in [0.25, 0.3) is 0 Å². The van der Waals surface area contributed by atoms with Gasteiger partial charge < -0.3 is 10.2 Å². The maximum absolute atomic E-state index is 6.01. The van der Waals surface area contributed by atoms with E-state index in [1.807, 2.05) is 30.5 Å². The van der Waals surface area contributed by atoms with Crippen LogP contribution in [0.4, 0.5) is 11.8 Å². The number of nitrogens with zero attached hydrogens (tertiary/aromatic N) is 3. The molecule has 0 spiro atoms. The lowest BCUT2D eigenvalue weighted by atomic mass is 10.1. The second-order valence-corrected chi connectivity index (χ2v) is 6.38. The zero-order chi connectivity index (χ0) is 15.9. The zero-order valence-corrected chi connectivity index (χ0v) is 14.1. The molecule has 1 aliphatic heterocycles. The lowest BCUT2D eigenvalue weighted by Gasteiger charge is -2.21. The number of nitrogens with one attached hydrogen (secondary N) is 1. The Labute approximate surface area is 142 Å². The van der Waals surface area contributed by atoms with Crippen molar-refractivity contribution in [3.63, 3.8) is 0 Å². The molecular weight excluding hydrogens is 308 g/mol. The molecule has 4 nitrogen and oxygen atoms in total. The van der Waals surface area contributed by atoms with Crippen LogP contribution in [0.1, 0.15) is 31.2 Å². The lowest BCUT2D eigenvalue weighted by Crippen LogP contribution is -2.25. The molecular formula is C18H23ClN4. The molecule has 1 N–H and O–H groups in total. The van der Waals surface area contributed by atoms with Crippen LogP contribution in [0.3, 0.4) is 0 Å². The molecule has 122 valence electrons. The molecule has 1 saturated heterocycles. The molecule has 0 atom stereocenters. The van der Waals surface area contributed by atoms with Crippen molar-refractivity contribution in [2.45, 2.75) is 32.1 Å². The molecule has 2 heterocycles. The van der Waals surface area contributed by atoms with Crippen LogP contribution in [0, 0.1) is 0 Å². The van der Waals surface area contributed by atoms with Crippen LogP contribution in [0.25, 0.3) is 0 Å². The number of benzene rings is 1. The number of halogens is 1. The maximum Gasteiger partial charge on any atom is 0.224 e. The van der Waals surface area contributed by atoms with E-state index in [9.17, 15) is 0 Å². The summed E-state index contributed by atoms with van der Waals surface area (Å²) in [4.78, 5) is 11.4. The smallest absolute Gasteiger partial charge is 0.224 e. The summed E-state index contributed by atoms with van der Waals surface area (Å²) in [7, 11) is 0. The van der Waals surface area contributed by atoms with E-state index < -0.39 is 0 Å². The van der Waals surface area contributed by atoms with E-state index >= 15 is 0 Å². The number of hydrogen-bond acceptors (Lipinski definition) is 4. The Bertz CT molecular complexity index is 624. The summed E-state index contributed by atoms with van der Waals surface area (Å²) in [5.41, 5.74) is 1.22. The summed E-state index contributed by atoms with van der Waals surface area (Å²) in [5.74, 6) is 1.74. The van der Waals surface area contributed by atoms with Gasteiger partial charge in [-0.15, -0.1) is 0 Å². The van der Waals surface area contributed by atoms with Gasteiger partial charge in [-0.3, -0.25) is 0 Å². The minimum Gasteiger partial charge on any atom is -0.356 e. The van der Waals surface area contributed by atoms with E-state index in [1.54, 1.807) is 0 Å². The van der Waals surface area contributed by atoms with Crippen LogP contribution in [0.15, 0.2) is 36.5 Å². The van der Waals surface area contributed by atoms with Crippen molar-refractivity contribution >= 4 is 23.4 Å². The molecule has 1 aromatic carbocycles. The van der Waals surface area contributed by atoms with E-state index in [4.69, 9.17) is 11.6 Å². The molecule has 23 heavy (non-hydrogen) atoms. The number of aromatic nitrogens is 2. The molecule has 1 fully saturated rings. The Balaban J connectivity index is 1.56. The van der Waals surface area contributed by atoms with Crippen LogP contribution in [0.2, 0.25) is 5.02 Å². The van der Waals surface area contributed by atoms with Crippen LogP contribution < -0.4 is 10.2 Å². The first kappa shape index (κ1) is 16.1. The largest absolute Gasteiger partial charge is 0.356 e. The summed E-state index contributed by atoms with van der Waals surface area (Å²) in [6.45, 7) is 2.99. The highest BCUT2D eigenvalue weighted by Crippen LogP contribution is 2.18. The van der Waals surface area contributed by atoms with Crippen molar-refractivity contribution in [2.24, 2.45) is 0 Å². The average Bonchev–Trinajstić information content (AvgIpc) is 2.85. The van der Waals surface area contributed by atoms with Gasteiger partial charge in [0.05, 0.1) is 0 Å². The third kappa shape index (κ3) is 4.83. The topological polar surface area (TPSA) is 41.1 Å². The molecule has 2 aromatic rings. The summed E-state index contributed by atoms with van der Waals surface area (Å²) < 4.78 is 0. The quantitative estimate of drug-likeness (QED) is 0.893. The Morgan fingerprint density at radius 3 is 2.70 bits per heavy atom. The maximum atomic E-state index is 6.01. The summed E-state index contributed by atoms with van der Waals surface area (Å²) >= 11 is 6.01. The average molecular weight is 331 g/mol. The molecule has 0 bridgehead atoms. The fourth-order valence-corrected chi connectivity index (χ4v) is 3.13. The molecule has 1 aliphatic rings. The molecule has 0 amide bonds. The van der Waals surface area contributed by atoms with Gasteiger partial charge in [-0.1, -0.05) is 36.6 Å². The van der Waals surface area contributed by atoms with Crippen LogP contribution in [0.5, 0.6) is 0 Å². The number of anilines is 2. The number of rotatable bonds is 5. The van der Waals surface area contributed by atoms with Gasteiger partial charge in [-0.05, 0) is 43.0 Å². The van der Waals surface area contributed by atoms with Gasteiger partial charge in [-0.2, -0.15) is 4.98 Å². The normalized spacial score (nSPS) is 15.3. The molecule has 1 aromatic heterocycles. The van der Waals surface area contributed by atoms with Crippen molar-refractivity contribution in [3.8, 4) is 0 Å². The predicted molar refractivity (Wildman–Crippen MR) is 96.4 cm³/mol. The van der Waals surface area contributed by atoms with Crippen molar-refractivity contribution in [1.29, 1.82) is 0 Å². The SMILES string of the molecule is Clc1cccc(CCNc2nccc(N3CCCCCC3)n2)c1. The van der Waals surface area contributed by atoms with Crippen LogP contribution in [-0.4, -0.2) is 29.6 Å². The molecule has 0 aliphatic carbocycles. The molecule has 0 unspecified atom stereocenters. The predicted octanol–water partition coefficient (Wildman–Crippen LogP) is 4.17. The van der Waals surface area contributed by atoms with E-state index in [-0.39, 0.29) is 0 Å². The third-order valence-corrected chi connectivity index (χ3v) is 4.39. The Hall–Kier alpha value is -1.81. The zero-order valence-electron chi connectivity index (χ0n) is 13.3. The fourth-order valence-electron chi connectivity index (χ4n) is 2.92. The third-order valence-electron chi connectivity index (χ3n) is 4.16. The standard InChI is InChI=1S/C18H23ClN4/c19-16-7-5-6-15(14-16)8-10-20-18-21-11-9-17(22-18)23-12-3-1-2-4-13-23/h5-7,9,11,14H,1-4,8,10,12-13H2,(H,20,21,22). The summed E-state index contributed by atoms with van der Waals surface area (Å²) in [6, 6.07) is 9.97. The monoisotopic (exact) mass is 330 g/mol. The van der Waals surface area contributed by atoms with E-state index in [0.29, 0.717) is 5.95 Å². The van der Waals surface area contributed by atoms with Crippen molar-refractivity contribution in [2.75, 3.05) is 29.9 Å². The highest BCUT2D eigenvalue weighted by atomic mass is 35.5. The van der Waals surface area contributed by atoms with Gasteiger partial charge in [0.15, 0.2) is 0 Å². The van der Waals surface area contributed by atoms with Gasteiger partial charge in [0.2, 0.25) is 5.95 Å².